The molecule has 0 heterocycles. The van der Waals surface area contributed by atoms with E-state index >= 15 is 0 Å². The van der Waals surface area contributed by atoms with E-state index in [1.807, 2.05) is 0 Å². The van der Waals surface area contributed by atoms with Gasteiger partial charge in [0.25, 0.3) is 0 Å². The molecule has 0 aliphatic heterocycles. The topological polar surface area (TPSA) is 0 Å². The van der Waals surface area contributed by atoms with Gasteiger partial charge in [0.2, 0.25) is 0 Å². The van der Waals surface area contributed by atoms with E-state index in [9.17, 15) is 0 Å². The zero-order valence-electron chi connectivity index (χ0n) is 2.44. The fourth-order valence-electron chi connectivity index (χ4n) is 0. The molecule has 0 aromatic carbocycles. The van der Waals surface area contributed by atoms with Crippen LogP contribution in [0.15, 0.2) is 0 Å². The summed E-state index contributed by atoms with van der Waals surface area (Å²) in [5.74, 6) is 0. The first-order valence-corrected chi connectivity index (χ1v) is 5.05. The van der Waals surface area contributed by atoms with Crippen molar-refractivity contribution >= 4 is 31.9 Å². The van der Waals surface area contributed by atoms with E-state index in [2.05, 4.69) is 15.6 Å². The molecule has 0 atom stereocenters. The molecule has 0 aliphatic rings. The predicted molar refractivity (Wildman–Crippen MR) is 18.5 cm³/mol. The van der Waals surface area contributed by atoms with Crippen LogP contribution in [0.2, 0.25) is 0 Å². The van der Waals surface area contributed by atoms with Gasteiger partial charge in [-0.2, -0.15) is 0 Å². The average molecular weight is 284 g/mol. The number of hydrogen-bond donors (Lipinski definition) is 0. The van der Waals surface area contributed by atoms with Gasteiger partial charge in [0.15, 0.2) is 0 Å². The van der Waals surface area contributed by atoms with Crippen LogP contribution in [0.5, 0.6) is 0 Å². The molecular formula is H5CrCuFeMgMnSi. The van der Waals surface area contributed by atoms with Crippen molar-refractivity contribution in [2.45, 2.75) is 0 Å². The van der Waals surface area contributed by atoms with Crippen molar-refractivity contribution in [1.29, 1.82) is 0 Å². The average Bonchev–Trinajstić information content (AvgIpc) is 1.00. The van der Waals surface area contributed by atoms with Crippen LogP contribution in [0.1, 0.15) is 0 Å². The van der Waals surface area contributed by atoms with Crippen molar-refractivity contribution in [2.24, 2.45) is 0 Å². The summed E-state index contributed by atoms with van der Waals surface area (Å²) in [6, 6.07) is 0. The summed E-state index contributed by atoms with van der Waals surface area (Å²) in [6.45, 7) is 0. The maximum atomic E-state index is 2.76. The Balaban J connectivity index is -0.000000000833. The first-order valence-electron chi connectivity index (χ1n) is 0.408. The zero-order valence-corrected chi connectivity index (χ0v) is 8.94. The van der Waals surface area contributed by atoms with Crippen molar-refractivity contribution in [2.75, 3.05) is 0 Å². The van der Waals surface area contributed by atoms with E-state index in [4.69, 9.17) is 0 Å². The molecule has 0 saturated heterocycles. The third-order valence-electron chi connectivity index (χ3n) is 0. The quantitative estimate of drug-likeness (QED) is 0.447. The van der Waals surface area contributed by atoms with Gasteiger partial charge in [0, 0.05) is 51.2 Å². The molecule has 0 nitrogen and oxygen atoms in total. The van der Waals surface area contributed by atoms with Gasteiger partial charge in [-0.15, -0.1) is 0 Å². The van der Waals surface area contributed by atoms with Crippen LogP contribution < -0.4 is 0 Å². The second-order valence-corrected chi connectivity index (χ2v) is 0. The number of rotatable bonds is 0. The third-order valence-corrected chi connectivity index (χ3v) is 0. The van der Waals surface area contributed by atoms with Crippen LogP contribution in [0.4, 0.5) is 0 Å². The monoisotopic (exact) mass is 283 g/mol. The SMILES string of the molecule is [Cu].[Fe].[MgH2].[Mn].[SiH3][Cr]. The minimum atomic E-state index is 0. The van der Waals surface area contributed by atoms with Gasteiger partial charge < -0.3 is 0 Å². The van der Waals surface area contributed by atoms with E-state index in [0.717, 1.165) is 0 Å². The third kappa shape index (κ3) is 27.6. The summed E-state index contributed by atoms with van der Waals surface area (Å²) in [5.41, 5.74) is 0. The van der Waals surface area contributed by atoms with Crippen LogP contribution in [-0.2, 0) is 66.8 Å². The maximum absolute atomic E-state index is 2.76. The molecule has 0 spiro atoms. The first-order chi connectivity index (χ1) is 1.00. The van der Waals surface area contributed by atoms with Gasteiger partial charge in [-0.3, -0.25) is 0 Å². The van der Waals surface area contributed by atoms with E-state index in [1.54, 1.807) is 0 Å². The van der Waals surface area contributed by atoms with E-state index < -0.39 is 0 Å². The normalized spacial score (nSPS) is 1.33. The summed E-state index contributed by atoms with van der Waals surface area (Å²) >= 11 is 2.76. The molecule has 0 aromatic rings. The van der Waals surface area contributed by atoms with Gasteiger partial charge in [0.1, 0.15) is 0 Å². The summed E-state index contributed by atoms with van der Waals surface area (Å²) in [4.78, 5) is 0. The predicted octanol–water partition coefficient (Wildman–Crippen LogP) is -2.11. The molecule has 43 valence electrons. The Kier molecular flexibility index (Phi) is 254. The Morgan fingerprint density at radius 1 is 1.17 bits per heavy atom. The van der Waals surface area contributed by atoms with Crippen LogP contribution in [0.3, 0.4) is 0 Å². The Hall–Kier alpha value is 3.07. The van der Waals surface area contributed by atoms with Gasteiger partial charge in [-0.05, 0) is 0 Å². The summed E-state index contributed by atoms with van der Waals surface area (Å²) in [6.07, 6.45) is 0. The Labute approximate surface area is 97.2 Å². The fraction of sp³-hybridized carbons (Fsp3) is 0. The van der Waals surface area contributed by atoms with Crippen molar-refractivity contribution in [3.63, 3.8) is 0 Å². The number of hydrogen-bond acceptors (Lipinski definition) is 0. The molecule has 0 amide bonds. The van der Waals surface area contributed by atoms with E-state index in [0.29, 0.717) is 0 Å². The Morgan fingerprint density at radius 3 is 1.17 bits per heavy atom. The second kappa shape index (κ2) is 42.8. The molecule has 2 radical (unpaired) electrons. The van der Waals surface area contributed by atoms with Crippen molar-refractivity contribution in [1.82, 2.24) is 0 Å². The van der Waals surface area contributed by atoms with Crippen molar-refractivity contribution in [3.8, 4) is 0 Å². The molecular weight excluding hydrogens is 279 g/mol. The molecule has 0 bridgehead atoms. The van der Waals surface area contributed by atoms with Crippen LogP contribution in [-0.4, -0.2) is 31.9 Å². The van der Waals surface area contributed by atoms with Gasteiger partial charge in [-0.1, -0.05) is 0 Å². The van der Waals surface area contributed by atoms with E-state index in [-0.39, 0.29) is 74.3 Å². The molecule has 0 N–H and O–H groups in total. The van der Waals surface area contributed by atoms with Crippen molar-refractivity contribution in [3.05, 3.63) is 0 Å². The van der Waals surface area contributed by atoms with Crippen LogP contribution in [0, 0.1) is 0 Å². The second-order valence-electron chi connectivity index (χ2n) is 0. The van der Waals surface area contributed by atoms with E-state index in [1.165, 1.54) is 8.80 Å². The van der Waals surface area contributed by atoms with Gasteiger partial charge in [0.05, 0.1) is 0 Å². The van der Waals surface area contributed by atoms with Gasteiger partial charge >= 0.3 is 47.5 Å². The minimum absolute atomic E-state index is 0. The molecule has 6 heavy (non-hydrogen) atoms. The molecule has 0 aliphatic carbocycles. The zero-order chi connectivity index (χ0) is 2.00. The molecule has 0 aromatic heterocycles. The van der Waals surface area contributed by atoms with Crippen LogP contribution in [0.25, 0.3) is 0 Å². The molecule has 0 saturated carbocycles. The molecule has 0 rings (SSSR count). The standard InChI is InChI=1S/Cr.Cu.Fe.Mg.Mn.H3Si.2H/h;;;;;1H3;;. The Bertz CT molecular complexity index is 15.5. The molecule has 6 heteroatoms. The Morgan fingerprint density at radius 2 is 1.17 bits per heavy atom. The van der Waals surface area contributed by atoms with Gasteiger partial charge in [-0.25, -0.2) is 0 Å². The summed E-state index contributed by atoms with van der Waals surface area (Å²) < 4.78 is 0. The summed E-state index contributed by atoms with van der Waals surface area (Å²) in [7, 11) is 1.18. The fourth-order valence-corrected chi connectivity index (χ4v) is 0. The summed E-state index contributed by atoms with van der Waals surface area (Å²) in [5, 5.41) is 0. The van der Waals surface area contributed by atoms with Crippen molar-refractivity contribution < 1.29 is 66.8 Å². The first kappa shape index (κ1) is 35.6. The molecule has 0 fully saturated rings. The van der Waals surface area contributed by atoms with Crippen LogP contribution >= 0.6 is 0 Å². The molecule has 0 unspecified atom stereocenters.